The Hall–Kier alpha value is -1.29. The number of rotatable bonds is 2. The first-order valence-electron chi connectivity index (χ1n) is 3.79. The highest BCUT2D eigenvalue weighted by Crippen LogP contribution is 1.96. The van der Waals surface area contributed by atoms with E-state index < -0.39 is 6.03 Å². The fourth-order valence-electron chi connectivity index (χ4n) is 0.992. The van der Waals surface area contributed by atoms with E-state index in [1.54, 1.807) is 6.07 Å². The third-order valence-electron chi connectivity index (χ3n) is 1.53. The summed E-state index contributed by atoms with van der Waals surface area (Å²) in [5.41, 5.74) is 4.98. The Balaban J connectivity index is 0.00000144. The lowest BCUT2D eigenvalue weighted by Gasteiger charge is -2.00. The maximum Gasteiger partial charge on any atom is 0.404 e. The van der Waals surface area contributed by atoms with Gasteiger partial charge in [-0.25, -0.2) is 9.36 Å². The molecular weight excluding hydrogens is 190 g/mol. The molecule has 0 fully saturated rings. The molecule has 0 aromatic carbocycles. The van der Waals surface area contributed by atoms with Crippen LogP contribution in [0.2, 0.25) is 0 Å². The van der Waals surface area contributed by atoms with Crippen LogP contribution in [-0.2, 0) is 6.54 Å². The average Bonchev–Trinajstić information content (AvgIpc) is 2.04. The van der Waals surface area contributed by atoms with E-state index in [1.807, 2.05) is 29.8 Å². The molecular formula is C8H12ClN3O. The number of urea groups is 1. The number of primary amides is 1. The summed E-state index contributed by atoms with van der Waals surface area (Å²) in [6.07, 6.45) is 1.88. The first-order chi connectivity index (χ1) is 5.74. The van der Waals surface area contributed by atoms with Crippen molar-refractivity contribution in [3.8, 4) is 0 Å². The third-order valence-corrected chi connectivity index (χ3v) is 1.53. The average molecular weight is 202 g/mol. The molecule has 4 nitrogen and oxygen atoms in total. The highest BCUT2D eigenvalue weighted by molar-refractivity contribution is 5.85. The number of anilines is 1. The molecule has 13 heavy (non-hydrogen) atoms. The van der Waals surface area contributed by atoms with Crippen LogP contribution in [0.15, 0.2) is 24.4 Å². The molecule has 0 atom stereocenters. The van der Waals surface area contributed by atoms with Gasteiger partial charge < -0.3 is 18.1 Å². The van der Waals surface area contributed by atoms with Gasteiger partial charge in [-0.05, 0) is 13.0 Å². The summed E-state index contributed by atoms with van der Waals surface area (Å²) in [6.45, 7) is 2.79. The van der Waals surface area contributed by atoms with Crippen molar-refractivity contribution < 1.29 is 21.8 Å². The number of pyridine rings is 1. The minimum atomic E-state index is -0.539. The molecule has 3 N–H and O–H groups in total. The number of aromatic nitrogens is 1. The summed E-state index contributed by atoms with van der Waals surface area (Å²) in [5.74, 6) is 0.715. The molecule has 0 bridgehead atoms. The first kappa shape index (κ1) is 11.7. The zero-order chi connectivity index (χ0) is 8.97. The molecule has 0 aliphatic carbocycles. The number of carbonyl (C=O) groups is 1. The van der Waals surface area contributed by atoms with Gasteiger partial charge in [-0.15, -0.1) is 0 Å². The monoisotopic (exact) mass is 201 g/mol. The van der Waals surface area contributed by atoms with E-state index in [1.165, 1.54) is 0 Å². The molecule has 0 saturated carbocycles. The second-order valence-corrected chi connectivity index (χ2v) is 2.36. The molecule has 1 aromatic heterocycles. The number of nitrogens with two attached hydrogens (primary N) is 1. The van der Waals surface area contributed by atoms with Crippen LogP contribution in [0.1, 0.15) is 6.92 Å². The summed E-state index contributed by atoms with van der Waals surface area (Å²) >= 11 is 0. The maximum absolute atomic E-state index is 10.5. The molecule has 0 saturated heterocycles. The van der Waals surface area contributed by atoms with Crippen molar-refractivity contribution in [1.29, 1.82) is 0 Å². The van der Waals surface area contributed by atoms with Crippen LogP contribution in [0.4, 0.5) is 10.6 Å². The molecule has 0 aliphatic heterocycles. The molecule has 0 spiro atoms. The van der Waals surface area contributed by atoms with Gasteiger partial charge in [0.25, 0.3) is 5.82 Å². The molecule has 2 amide bonds. The van der Waals surface area contributed by atoms with Crippen LogP contribution in [0.25, 0.3) is 0 Å². The molecule has 1 aromatic rings. The number of carbonyl (C=O) groups excluding carboxylic acids is 1. The lowest BCUT2D eigenvalue weighted by molar-refractivity contribution is -0.679. The smallest absolute Gasteiger partial charge is 0.404 e. The highest BCUT2D eigenvalue weighted by Gasteiger charge is 2.07. The number of hydrogen-bond donors (Lipinski definition) is 2. The van der Waals surface area contributed by atoms with Crippen molar-refractivity contribution in [3.63, 3.8) is 0 Å². The van der Waals surface area contributed by atoms with E-state index in [9.17, 15) is 4.79 Å². The van der Waals surface area contributed by atoms with Gasteiger partial charge in [-0.1, -0.05) is 6.07 Å². The Kier molecular flexibility index (Phi) is 4.84. The Bertz CT molecular complexity index is 290. The summed E-state index contributed by atoms with van der Waals surface area (Å²) < 4.78 is 1.89. The zero-order valence-corrected chi connectivity index (χ0v) is 8.08. The Morgan fingerprint density at radius 3 is 2.85 bits per heavy atom. The van der Waals surface area contributed by atoms with Gasteiger partial charge in [0.15, 0.2) is 0 Å². The zero-order valence-electron chi connectivity index (χ0n) is 7.33. The van der Waals surface area contributed by atoms with E-state index in [0.29, 0.717) is 5.82 Å². The first-order valence-corrected chi connectivity index (χ1v) is 3.79. The molecule has 0 unspecified atom stereocenters. The Labute approximate surface area is 83.2 Å². The van der Waals surface area contributed by atoms with Crippen LogP contribution >= 0.6 is 0 Å². The van der Waals surface area contributed by atoms with Gasteiger partial charge in [-0.3, -0.25) is 0 Å². The molecule has 1 heterocycles. The molecule has 1 rings (SSSR count). The summed E-state index contributed by atoms with van der Waals surface area (Å²) in [7, 11) is 0. The topological polar surface area (TPSA) is 59.0 Å². The van der Waals surface area contributed by atoms with Crippen molar-refractivity contribution in [2.45, 2.75) is 13.5 Å². The summed E-state index contributed by atoms with van der Waals surface area (Å²) in [5, 5.41) is 2.53. The third kappa shape index (κ3) is 3.29. The van der Waals surface area contributed by atoms with Gasteiger partial charge in [0.05, 0.1) is 12.7 Å². The van der Waals surface area contributed by atoms with Crippen LogP contribution in [0, 0.1) is 0 Å². The van der Waals surface area contributed by atoms with Crippen LogP contribution < -0.4 is 28.0 Å². The standard InChI is InChI=1S/C8H11N3O.ClH/c1-2-11-6-4-3-5-7(11)10-8(9)12;/h3-6H,2H2,1H3,(H2,9,12);1H. The van der Waals surface area contributed by atoms with Gasteiger partial charge in [-0.2, -0.15) is 5.32 Å². The molecule has 72 valence electrons. The second kappa shape index (κ2) is 5.37. The largest absolute Gasteiger partial charge is 1.00 e. The van der Waals surface area contributed by atoms with E-state index in [4.69, 9.17) is 5.73 Å². The number of amides is 2. The van der Waals surface area contributed by atoms with Gasteiger partial charge in [0, 0.05) is 6.07 Å². The fraction of sp³-hybridized carbons (Fsp3) is 0.250. The number of nitrogens with one attached hydrogen (secondary N) is 1. The minimum Gasteiger partial charge on any atom is -1.00 e. The second-order valence-electron chi connectivity index (χ2n) is 2.36. The van der Waals surface area contributed by atoms with Gasteiger partial charge in [0.1, 0.15) is 0 Å². The van der Waals surface area contributed by atoms with E-state index in [0.717, 1.165) is 6.54 Å². The predicted octanol–water partition coefficient (Wildman–Crippen LogP) is -2.51. The predicted molar refractivity (Wildman–Crippen MR) is 45.5 cm³/mol. The lowest BCUT2D eigenvalue weighted by atomic mass is 10.4. The van der Waals surface area contributed by atoms with Crippen LogP contribution in [-0.4, -0.2) is 6.03 Å². The minimum absolute atomic E-state index is 0. The van der Waals surface area contributed by atoms with Crippen molar-refractivity contribution >= 4 is 11.8 Å². The molecule has 0 radical (unpaired) electrons. The number of nitrogens with zero attached hydrogens (tertiary/aromatic N) is 1. The number of halogens is 1. The summed E-state index contributed by atoms with van der Waals surface area (Å²) in [4.78, 5) is 10.5. The maximum atomic E-state index is 10.5. The lowest BCUT2D eigenvalue weighted by Crippen LogP contribution is -3.00. The van der Waals surface area contributed by atoms with E-state index >= 15 is 0 Å². The molecule has 5 heteroatoms. The van der Waals surface area contributed by atoms with Crippen molar-refractivity contribution in [1.82, 2.24) is 0 Å². The van der Waals surface area contributed by atoms with Crippen molar-refractivity contribution in [3.05, 3.63) is 24.4 Å². The van der Waals surface area contributed by atoms with Crippen molar-refractivity contribution in [2.24, 2.45) is 5.73 Å². The van der Waals surface area contributed by atoms with Crippen LogP contribution in [0.5, 0.6) is 0 Å². The van der Waals surface area contributed by atoms with Gasteiger partial charge >= 0.3 is 6.03 Å². The van der Waals surface area contributed by atoms with Gasteiger partial charge in [0.2, 0.25) is 0 Å². The van der Waals surface area contributed by atoms with E-state index in [-0.39, 0.29) is 12.4 Å². The number of aryl methyl sites for hydroxylation is 1. The Morgan fingerprint density at radius 2 is 2.31 bits per heavy atom. The highest BCUT2D eigenvalue weighted by atomic mass is 35.5. The summed E-state index contributed by atoms with van der Waals surface area (Å²) in [6, 6.07) is 5.00. The number of hydrogen-bond acceptors (Lipinski definition) is 1. The quantitative estimate of drug-likeness (QED) is 0.511. The van der Waals surface area contributed by atoms with Crippen LogP contribution in [0.3, 0.4) is 0 Å². The SMILES string of the molecule is CC[n+]1ccccc1NC(N)=O.[Cl-]. The normalized spacial score (nSPS) is 8.69. The fourth-order valence-corrected chi connectivity index (χ4v) is 0.992. The Morgan fingerprint density at radius 1 is 1.62 bits per heavy atom. The molecule has 0 aliphatic rings. The van der Waals surface area contributed by atoms with Crippen molar-refractivity contribution in [2.75, 3.05) is 5.32 Å². The van der Waals surface area contributed by atoms with E-state index in [2.05, 4.69) is 5.32 Å².